The zero-order valence-electron chi connectivity index (χ0n) is 11.0. The van der Waals surface area contributed by atoms with Gasteiger partial charge in [-0.25, -0.2) is 0 Å². The van der Waals surface area contributed by atoms with E-state index in [1.807, 2.05) is 13.0 Å². The van der Waals surface area contributed by atoms with Crippen LogP contribution >= 0.6 is 0 Å². The average molecular weight is 225 g/mol. The van der Waals surface area contributed by atoms with E-state index in [1.54, 1.807) is 0 Å². The van der Waals surface area contributed by atoms with Crippen molar-refractivity contribution < 1.29 is 5.11 Å². The second kappa shape index (κ2) is 6.41. The Balaban J connectivity index is 2.52. The molecule has 1 aliphatic rings. The Labute approximate surface area is 100 Å². The summed E-state index contributed by atoms with van der Waals surface area (Å²) >= 11 is 0. The predicted molar refractivity (Wildman–Crippen MR) is 69.5 cm³/mol. The predicted octanol–water partition coefficient (Wildman–Crippen LogP) is 2.82. The van der Waals surface area contributed by atoms with E-state index in [9.17, 15) is 5.11 Å². The number of rotatable bonds is 6. The molecule has 0 radical (unpaired) electrons. The van der Waals surface area contributed by atoms with Crippen LogP contribution in [-0.2, 0) is 0 Å². The molecule has 0 spiro atoms. The molecule has 1 heterocycles. The third-order valence-electron chi connectivity index (χ3n) is 3.92. The van der Waals surface area contributed by atoms with E-state index in [0.717, 1.165) is 12.8 Å². The Kier molecular flexibility index (Phi) is 5.50. The second-order valence-electron chi connectivity index (χ2n) is 5.36. The van der Waals surface area contributed by atoms with Crippen LogP contribution < -0.4 is 0 Å². The van der Waals surface area contributed by atoms with Gasteiger partial charge in [-0.3, -0.25) is 4.90 Å². The van der Waals surface area contributed by atoms with Crippen LogP contribution in [0.4, 0.5) is 0 Å². The largest absolute Gasteiger partial charge is 0.393 e. The molecule has 0 aliphatic carbocycles. The number of allylic oxidation sites excluding steroid dienone is 1. The normalized spacial score (nSPS) is 27.6. The van der Waals surface area contributed by atoms with Crippen LogP contribution in [0.1, 0.15) is 46.5 Å². The van der Waals surface area contributed by atoms with Gasteiger partial charge in [-0.2, -0.15) is 0 Å². The van der Waals surface area contributed by atoms with Crippen molar-refractivity contribution in [2.45, 2.75) is 64.6 Å². The molecule has 0 saturated carbocycles. The molecule has 0 bridgehead atoms. The van der Waals surface area contributed by atoms with Crippen LogP contribution in [0.2, 0.25) is 0 Å². The fraction of sp³-hybridized carbons (Fsp3) is 0.857. The van der Waals surface area contributed by atoms with Gasteiger partial charge >= 0.3 is 0 Å². The van der Waals surface area contributed by atoms with E-state index in [-0.39, 0.29) is 6.10 Å². The van der Waals surface area contributed by atoms with Crippen molar-refractivity contribution >= 4 is 0 Å². The maximum atomic E-state index is 9.51. The highest BCUT2D eigenvalue weighted by Crippen LogP contribution is 2.27. The first kappa shape index (κ1) is 13.7. The van der Waals surface area contributed by atoms with Gasteiger partial charge in [0.2, 0.25) is 0 Å². The van der Waals surface area contributed by atoms with Crippen LogP contribution in [0.15, 0.2) is 12.7 Å². The Morgan fingerprint density at radius 2 is 2.12 bits per heavy atom. The molecule has 0 aromatic carbocycles. The van der Waals surface area contributed by atoms with Crippen LogP contribution in [0.5, 0.6) is 0 Å². The third-order valence-corrected chi connectivity index (χ3v) is 3.92. The molecule has 2 nitrogen and oxygen atoms in total. The van der Waals surface area contributed by atoms with E-state index in [0.29, 0.717) is 18.0 Å². The minimum absolute atomic E-state index is 0.174. The SMILES string of the molecule is C=CCC(C)C(C)N1CCCC1CC(C)O. The van der Waals surface area contributed by atoms with Gasteiger partial charge in [0.25, 0.3) is 0 Å². The van der Waals surface area contributed by atoms with Crippen molar-refractivity contribution in [3.05, 3.63) is 12.7 Å². The summed E-state index contributed by atoms with van der Waals surface area (Å²) in [6.07, 6.45) is 6.37. The fourth-order valence-corrected chi connectivity index (χ4v) is 2.83. The Morgan fingerprint density at radius 1 is 1.44 bits per heavy atom. The Bertz CT molecular complexity index is 215. The molecule has 4 unspecified atom stereocenters. The summed E-state index contributed by atoms with van der Waals surface area (Å²) in [4.78, 5) is 2.58. The maximum absolute atomic E-state index is 9.51. The summed E-state index contributed by atoms with van der Waals surface area (Å²) in [6, 6.07) is 1.19. The lowest BCUT2D eigenvalue weighted by molar-refractivity contribution is 0.0960. The summed E-state index contributed by atoms with van der Waals surface area (Å²) in [5.74, 6) is 0.659. The van der Waals surface area contributed by atoms with Gasteiger partial charge in [0.15, 0.2) is 0 Å². The quantitative estimate of drug-likeness (QED) is 0.703. The lowest BCUT2D eigenvalue weighted by atomic mass is 9.96. The number of aliphatic hydroxyl groups is 1. The summed E-state index contributed by atoms with van der Waals surface area (Å²) < 4.78 is 0. The van der Waals surface area contributed by atoms with E-state index in [2.05, 4.69) is 25.3 Å². The molecule has 0 amide bonds. The van der Waals surface area contributed by atoms with Crippen molar-refractivity contribution in [1.29, 1.82) is 0 Å². The zero-order valence-corrected chi connectivity index (χ0v) is 11.0. The number of aliphatic hydroxyl groups excluding tert-OH is 1. The molecule has 94 valence electrons. The third kappa shape index (κ3) is 3.60. The van der Waals surface area contributed by atoms with Gasteiger partial charge in [0, 0.05) is 12.1 Å². The second-order valence-corrected chi connectivity index (χ2v) is 5.36. The van der Waals surface area contributed by atoms with Gasteiger partial charge in [-0.05, 0) is 52.0 Å². The number of hydrogen-bond acceptors (Lipinski definition) is 2. The molecule has 2 heteroatoms. The molecule has 1 N–H and O–H groups in total. The topological polar surface area (TPSA) is 23.5 Å². The molecular formula is C14H27NO. The highest BCUT2D eigenvalue weighted by atomic mass is 16.3. The van der Waals surface area contributed by atoms with Crippen molar-refractivity contribution in [3.63, 3.8) is 0 Å². The molecule has 1 fully saturated rings. The molecule has 1 rings (SSSR count). The van der Waals surface area contributed by atoms with Gasteiger partial charge in [0.05, 0.1) is 6.10 Å². The monoisotopic (exact) mass is 225 g/mol. The number of nitrogens with zero attached hydrogens (tertiary/aromatic N) is 1. The smallest absolute Gasteiger partial charge is 0.0527 e. The van der Waals surface area contributed by atoms with E-state index < -0.39 is 0 Å². The fourth-order valence-electron chi connectivity index (χ4n) is 2.83. The van der Waals surface area contributed by atoms with Crippen molar-refractivity contribution in [3.8, 4) is 0 Å². The Hall–Kier alpha value is -0.340. The van der Waals surface area contributed by atoms with Crippen LogP contribution in [0.25, 0.3) is 0 Å². The first-order valence-corrected chi connectivity index (χ1v) is 6.61. The van der Waals surface area contributed by atoms with Crippen LogP contribution in [0.3, 0.4) is 0 Å². The lowest BCUT2D eigenvalue weighted by Crippen LogP contribution is -2.42. The molecule has 0 aromatic heterocycles. The molecule has 1 aliphatic heterocycles. The van der Waals surface area contributed by atoms with Crippen LogP contribution in [0, 0.1) is 5.92 Å². The highest BCUT2D eigenvalue weighted by Gasteiger charge is 2.31. The Morgan fingerprint density at radius 3 is 2.69 bits per heavy atom. The van der Waals surface area contributed by atoms with E-state index >= 15 is 0 Å². The standard InChI is InChI=1S/C14H27NO/c1-5-7-11(2)13(4)15-9-6-8-14(15)10-12(3)16/h5,11-14,16H,1,6-10H2,2-4H3. The molecular weight excluding hydrogens is 198 g/mol. The summed E-state index contributed by atoms with van der Waals surface area (Å²) in [5, 5.41) is 9.51. The number of likely N-dealkylation sites (tertiary alicyclic amines) is 1. The van der Waals surface area contributed by atoms with Crippen molar-refractivity contribution in [1.82, 2.24) is 4.90 Å². The highest BCUT2D eigenvalue weighted by molar-refractivity contribution is 4.87. The average Bonchev–Trinajstić information content (AvgIpc) is 2.64. The summed E-state index contributed by atoms with van der Waals surface area (Å²) in [7, 11) is 0. The van der Waals surface area contributed by atoms with Gasteiger partial charge < -0.3 is 5.11 Å². The van der Waals surface area contributed by atoms with Gasteiger partial charge in [0.1, 0.15) is 0 Å². The summed E-state index contributed by atoms with van der Waals surface area (Å²) in [6.45, 7) is 11.5. The molecule has 1 saturated heterocycles. The van der Waals surface area contributed by atoms with E-state index in [1.165, 1.54) is 19.4 Å². The first-order valence-electron chi connectivity index (χ1n) is 6.61. The molecule has 16 heavy (non-hydrogen) atoms. The lowest BCUT2D eigenvalue weighted by Gasteiger charge is -2.34. The zero-order chi connectivity index (χ0) is 12.1. The molecule has 4 atom stereocenters. The molecule has 0 aromatic rings. The minimum atomic E-state index is -0.174. The van der Waals surface area contributed by atoms with Crippen LogP contribution in [-0.4, -0.2) is 34.7 Å². The van der Waals surface area contributed by atoms with E-state index in [4.69, 9.17) is 0 Å². The number of hydrogen-bond donors (Lipinski definition) is 1. The van der Waals surface area contributed by atoms with Crippen molar-refractivity contribution in [2.75, 3.05) is 6.54 Å². The summed E-state index contributed by atoms with van der Waals surface area (Å²) in [5.41, 5.74) is 0. The van der Waals surface area contributed by atoms with Crippen molar-refractivity contribution in [2.24, 2.45) is 5.92 Å². The van der Waals surface area contributed by atoms with Gasteiger partial charge in [-0.1, -0.05) is 13.0 Å². The first-order chi connectivity index (χ1) is 7.56. The van der Waals surface area contributed by atoms with Gasteiger partial charge in [-0.15, -0.1) is 6.58 Å². The maximum Gasteiger partial charge on any atom is 0.0527 e. The minimum Gasteiger partial charge on any atom is -0.393 e.